The number of nitrogens with zero attached hydrogens (tertiary/aromatic N) is 2. The molecule has 0 saturated carbocycles. The maximum atomic E-state index is 12.0. The summed E-state index contributed by atoms with van der Waals surface area (Å²) < 4.78 is 0. The Labute approximate surface area is 103 Å². The second-order valence-electron chi connectivity index (χ2n) is 3.71. The van der Waals surface area contributed by atoms with E-state index >= 15 is 0 Å². The van der Waals surface area contributed by atoms with Gasteiger partial charge in [-0.1, -0.05) is 6.07 Å². The number of nitrogens with two attached hydrogens (primary N) is 1. The molecule has 1 aliphatic heterocycles. The van der Waals surface area contributed by atoms with Gasteiger partial charge in [-0.15, -0.1) is 11.3 Å². The third-order valence-corrected chi connectivity index (χ3v) is 3.57. The quantitative estimate of drug-likeness (QED) is 0.423. The fraction of sp³-hybridized carbons (Fsp3) is 0.400. The van der Waals surface area contributed by atoms with Gasteiger partial charge in [-0.3, -0.25) is 10.2 Å². The van der Waals surface area contributed by atoms with Crippen LogP contribution in [0.4, 0.5) is 4.79 Å². The van der Waals surface area contributed by atoms with E-state index in [9.17, 15) is 9.59 Å². The molecule has 1 aromatic rings. The number of hydrazine groups is 1. The van der Waals surface area contributed by atoms with E-state index in [1.165, 1.54) is 11.3 Å². The van der Waals surface area contributed by atoms with Crippen LogP contribution in [0.25, 0.3) is 0 Å². The van der Waals surface area contributed by atoms with E-state index in [0.717, 1.165) is 4.88 Å². The summed E-state index contributed by atoms with van der Waals surface area (Å²) in [5.41, 5.74) is 2.09. The number of amides is 3. The van der Waals surface area contributed by atoms with Gasteiger partial charge < -0.3 is 9.80 Å². The van der Waals surface area contributed by atoms with Gasteiger partial charge in [0.15, 0.2) is 0 Å². The summed E-state index contributed by atoms with van der Waals surface area (Å²) in [4.78, 5) is 27.3. The maximum absolute atomic E-state index is 12.0. The minimum atomic E-state index is -0.298. The third-order valence-electron chi connectivity index (χ3n) is 2.71. The number of hydrogen-bond acceptors (Lipinski definition) is 4. The molecule has 0 aromatic carbocycles. The molecule has 92 valence electrons. The molecule has 0 unspecified atom stereocenters. The van der Waals surface area contributed by atoms with Crippen LogP contribution in [0, 0.1) is 0 Å². The fourth-order valence-electron chi connectivity index (χ4n) is 1.76. The van der Waals surface area contributed by atoms with Gasteiger partial charge in [-0.25, -0.2) is 10.6 Å². The molecule has 1 saturated heterocycles. The van der Waals surface area contributed by atoms with Crippen molar-refractivity contribution in [2.24, 2.45) is 5.84 Å². The van der Waals surface area contributed by atoms with Crippen LogP contribution in [0.3, 0.4) is 0 Å². The molecule has 0 atom stereocenters. The Balaban J connectivity index is 1.91. The first kappa shape index (κ1) is 11.9. The summed E-state index contributed by atoms with van der Waals surface area (Å²) in [6, 6.07) is 3.37. The first-order valence-corrected chi connectivity index (χ1v) is 6.18. The van der Waals surface area contributed by atoms with Crippen LogP contribution >= 0.6 is 11.3 Å². The molecule has 7 heteroatoms. The van der Waals surface area contributed by atoms with Gasteiger partial charge in [0.05, 0.1) is 4.88 Å². The van der Waals surface area contributed by atoms with Crippen molar-refractivity contribution >= 4 is 23.3 Å². The van der Waals surface area contributed by atoms with Crippen molar-refractivity contribution in [2.45, 2.75) is 0 Å². The van der Waals surface area contributed by atoms with Crippen LogP contribution in [-0.2, 0) is 0 Å². The minimum Gasteiger partial charge on any atom is -0.334 e. The average molecular weight is 254 g/mol. The summed E-state index contributed by atoms with van der Waals surface area (Å²) in [5.74, 6) is 5.09. The summed E-state index contributed by atoms with van der Waals surface area (Å²) in [6.45, 7) is 2.12. The van der Waals surface area contributed by atoms with Gasteiger partial charge >= 0.3 is 6.03 Å². The summed E-state index contributed by atoms with van der Waals surface area (Å²) in [7, 11) is 0. The SMILES string of the molecule is NNC(=O)N1CCN(C(=O)c2cccs2)CC1. The Kier molecular flexibility index (Phi) is 3.60. The van der Waals surface area contributed by atoms with E-state index in [1.54, 1.807) is 9.80 Å². The largest absolute Gasteiger partial charge is 0.334 e. The molecule has 3 N–H and O–H groups in total. The zero-order valence-corrected chi connectivity index (χ0v) is 10.1. The highest BCUT2D eigenvalue weighted by molar-refractivity contribution is 7.12. The number of piperazine rings is 1. The molecule has 2 rings (SSSR count). The van der Waals surface area contributed by atoms with Gasteiger partial charge in [-0.2, -0.15) is 0 Å². The second-order valence-corrected chi connectivity index (χ2v) is 4.65. The number of urea groups is 1. The third kappa shape index (κ3) is 2.56. The molecule has 0 spiro atoms. The van der Waals surface area contributed by atoms with Crippen molar-refractivity contribution in [2.75, 3.05) is 26.2 Å². The van der Waals surface area contributed by atoms with Crippen molar-refractivity contribution < 1.29 is 9.59 Å². The van der Waals surface area contributed by atoms with Crippen molar-refractivity contribution in [3.05, 3.63) is 22.4 Å². The van der Waals surface area contributed by atoms with Gasteiger partial charge in [0.2, 0.25) is 0 Å². The van der Waals surface area contributed by atoms with Crippen LogP contribution in [0.5, 0.6) is 0 Å². The lowest BCUT2D eigenvalue weighted by Crippen LogP contribution is -2.54. The van der Waals surface area contributed by atoms with Crippen LogP contribution in [-0.4, -0.2) is 47.9 Å². The number of nitrogens with one attached hydrogen (secondary N) is 1. The number of carbonyl (C=O) groups is 2. The average Bonchev–Trinajstić information content (AvgIpc) is 2.91. The molecular weight excluding hydrogens is 240 g/mol. The normalized spacial score (nSPS) is 15.8. The molecule has 1 aromatic heterocycles. The highest BCUT2D eigenvalue weighted by Gasteiger charge is 2.24. The number of hydrogen-bond donors (Lipinski definition) is 2. The fourth-order valence-corrected chi connectivity index (χ4v) is 2.45. The summed E-state index contributed by atoms with van der Waals surface area (Å²) in [6.07, 6.45) is 0. The van der Waals surface area contributed by atoms with Gasteiger partial charge in [-0.05, 0) is 11.4 Å². The van der Waals surface area contributed by atoms with E-state index in [-0.39, 0.29) is 11.9 Å². The monoisotopic (exact) mass is 254 g/mol. The predicted molar refractivity (Wildman–Crippen MR) is 64.5 cm³/mol. The van der Waals surface area contributed by atoms with Gasteiger partial charge in [0.1, 0.15) is 0 Å². The molecule has 0 radical (unpaired) electrons. The molecular formula is C10H14N4O2S. The van der Waals surface area contributed by atoms with Crippen LogP contribution in [0.15, 0.2) is 17.5 Å². The van der Waals surface area contributed by atoms with Crippen molar-refractivity contribution in [3.8, 4) is 0 Å². The number of carbonyl (C=O) groups excluding carboxylic acids is 2. The Morgan fingerprint density at radius 2 is 1.88 bits per heavy atom. The first-order chi connectivity index (χ1) is 8.22. The topological polar surface area (TPSA) is 78.7 Å². The highest BCUT2D eigenvalue weighted by Crippen LogP contribution is 2.13. The van der Waals surface area contributed by atoms with Crippen LogP contribution < -0.4 is 11.3 Å². The maximum Gasteiger partial charge on any atom is 0.331 e. The minimum absolute atomic E-state index is 0.0350. The van der Waals surface area contributed by atoms with E-state index in [1.807, 2.05) is 17.5 Å². The van der Waals surface area contributed by atoms with Crippen LogP contribution in [0.1, 0.15) is 9.67 Å². The molecule has 1 fully saturated rings. The summed E-state index contributed by atoms with van der Waals surface area (Å²) in [5, 5.41) is 1.88. The molecule has 17 heavy (non-hydrogen) atoms. The molecule has 2 heterocycles. The zero-order valence-electron chi connectivity index (χ0n) is 9.26. The second kappa shape index (κ2) is 5.15. The van der Waals surface area contributed by atoms with Crippen LogP contribution in [0.2, 0.25) is 0 Å². The standard InChI is InChI=1S/C10H14N4O2S/c11-12-10(16)14-5-3-13(4-6-14)9(15)8-2-1-7-17-8/h1-2,7H,3-6,11H2,(H,12,16). The zero-order chi connectivity index (χ0) is 12.3. The van der Waals surface area contributed by atoms with E-state index < -0.39 is 0 Å². The number of rotatable bonds is 1. The van der Waals surface area contributed by atoms with Crippen molar-refractivity contribution in [1.82, 2.24) is 15.2 Å². The molecule has 0 aliphatic carbocycles. The lowest BCUT2D eigenvalue weighted by molar-refractivity contribution is 0.0670. The highest BCUT2D eigenvalue weighted by atomic mass is 32.1. The Bertz CT molecular complexity index is 398. The van der Waals surface area contributed by atoms with Gasteiger partial charge in [0.25, 0.3) is 5.91 Å². The van der Waals surface area contributed by atoms with E-state index in [4.69, 9.17) is 5.84 Å². The van der Waals surface area contributed by atoms with Crippen molar-refractivity contribution in [3.63, 3.8) is 0 Å². The van der Waals surface area contributed by atoms with E-state index in [0.29, 0.717) is 26.2 Å². The molecule has 0 bridgehead atoms. The Hall–Kier alpha value is -1.60. The Morgan fingerprint density at radius 1 is 1.24 bits per heavy atom. The first-order valence-electron chi connectivity index (χ1n) is 5.30. The smallest absolute Gasteiger partial charge is 0.331 e. The van der Waals surface area contributed by atoms with Gasteiger partial charge in [0, 0.05) is 26.2 Å². The molecule has 3 amide bonds. The lowest BCUT2D eigenvalue weighted by Gasteiger charge is -2.34. The molecule has 1 aliphatic rings. The summed E-state index contributed by atoms with van der Waals surface area (Å²) >= 11 is 1.43. The predicted octanol–water partition coefficient (Wildman–Crippen LogP) is 0.0892. The lowest BCUT2D eigenvalue weighted by atomic mass is 10.3. The molecule has 6 nitrogen and oxygen atoms in total. The number of thiophene rings is 1. The Morgan fingerprint density at radius 3 is 2.41 bits per heavy atom. The van der Waals surface area contributed by atoms with Crippen molar-refractivity contribution in [1.29, 1.82) is 0 Å². The van der Waals surface area contributed by atoms with E-state index in [2.05, 4.69) is 5.43 Å².